The van der Waals surface area contributed by atoms with Crippen molar-refractivity contribution in [3.05, 3.63) is 63.6 Å². The average molecular weight is 410 g/mol. The summed E-state index contributed by atoms with van der Waals surface area (Å²) in [5.41, 5.74) is 2.34. The zero-order valence-electron chi connectivity index (χ0n) is 13.0. The largest absolute Gasteiger partial charge is 0.465 e. The monoisotopic (exact) mass is 409 g/mol. The number of benzene rings is 2. The fourth-order valence-electron chi connectivity index (χ4n) is 2.87. The van der Waals surface area contributed by atoms with E-state index in [1.807, 2.05) is 24.3 Å². The lowest BCUT2D eigenvalue weighted by Crippen LogP contribution is -2.27. The van der Waals surface area contributed by atoms with Crippen LogP contribution in [0.1, 0.15) is 33.9 Å². The molecular formula is C17H16BrNO4S. The van der Waals surface area contributed by atoms with Gasteiger partial charge in [-0.3, -0.25) is 0 Å². The van der Waals surface area contributed by atoms with Gasteiger partial charge in [0.2, 0.25) is 10.0 Å². The first kappa shape index (κ1) is 17.1. The Morgan fingerprint density at radius 1 is 1.25 bits per heavy atom. The van der Waals surface area contributed by atoms with Gasteiger partial charge in [-0.25, -0.2) is 17.9 Å². The van der Waals surface area contributed by atoms with Crippen LogP contribution in [0.5, 0.6) is 0 Å². The number of esters is 1. The first-order valence-electron chi connectivity index (χ1n) is 7.40. The molecule has 0 unspecified atom stereocenters. The molecule has 7 heteroatoms. The summed E-state index contributed by atoms with van der Waals surface area (Å²) in [6.07, 6.45) is 1.57. The molecule has 1 N–H and O–H groups in total. The summed E-state index contributed by atoms with van der Waals surface area (Å²) in [5.74, 6) is -0.592. The minimum Gasteiger partial charge on any atom is -0.465 e. The Bertz CT molecular complexity index is 895. The minimum absolute atomic E-state index is 0.0375. The van der Waals surface area contributed by atoms with E-state index in [4.69, 9.17) is 0 Å². The predicted molar refractivity (Wildman–Crippen MR) is 93.3 cm³/mol. The molecule has 0 aliphatic heterocycles. The maximum atomic E-state index is 12.7. The molecule has 3 rings (SSSR count). The van der Waals surface area contributed by atoms with E-state index in [1.54, 1.807) is 0 Å². The number of hydrogen-bond acceptors (Lipinski definition) is 4. The third-order valence-corrected chi connectivity index (χ3v) is 6.24. The Balaban J connectivity index is 1.91. The van der Waals surface area contributed by atoms with Crippen LogP contribution in [-0.2, 0) is 21.2 Å². The number of rotatable bonds is 4. The number of fused-ring (bicyclic) bond motifs is 1. The minimum atomic E-state index is -3.75. The van der Waals surface area contributed by atoms with E-state index in [9.17, 15) is 13.2 Å². The number of hydrogen-bond donors (Lipinski definition) is 1. The third-order valence-electron chi connectivity index (χ3n) is 4.08. The van der Waals surface area contributed by atoms with Gasteiger partial charge in [0.25, 0.3) is 0 Å². The van der Waals surface area contributed by atoms with Crippen molar-refractivity contribution >= 4 is 31.9 Å². The highest BCUT2D eigenvalue weighted by Gasteiger charge is 2.28. The average Bonchev–Trinajstić information content (AvgIpc) is 2.97. The van der Waals surface area contributed by atoms with E-state index < -0.39 is 16.0 Å². The second-order valence-corrected chi connectivity index (χ2v) is 8.11. The molecule has 2 aromatic rings. The lowest BCUT2D eigenvalue weighted by Gasteiger charge is -2.15. The maximum Gasteiger partial charge on any atom is 0.339 e. The van der Waals surface area contributed by atoms with Gasteiger partial charge in [-0.15, -0.1) is 0 Å². The number of methoxy groups -OCH3 is 1. The fraction of sp³-hybridized carbons (Fsp3) is 0.235. The third kappa shape index (κ3) is 3.24. The molecule has 0 radical (unpaired) electrons. The Labute approximate surface area is 149 Å². The molecule has 0 aromatic heterocycles. The molecule has 1 aliphatic rings. The predicted octanol–water partition coefficient (Wildman–Crippen LogP) is 3.20. The smallest absolute Gasteiger partial charge is 0.339 e. The van der Waals surface area contributed by atoms with Gasteiger partial charge >= 0.3 is 5.97 Å². The van der Waals surface area contributed by atoms with Gasteiger partial charge in [-0.1, -0.05) is 24.3 Å². The highest BCUT2D eigenvalue weighted by atomic mass is 79.9. The van der Waals surface area contributed by atoms with Crippen molar-refractivity contribution in [3.8, 4) is 0 Å². The molecule has 0 bridgehead atoms. The van der Waals surface area contributed by atoms with Crippen molar-refractivity contribution in [3.63, 3.8) is 0 Å². The molecule has 126 valence electrons. The molecule has 0 amide bonds. The Morgan fingerprint density at radius 3 is 2.75 bits per heavy atom. The van der Waals surface area contributed by atoms with Gasteiger partial charge in [0.05, 0.1) is 17.6 Å². The highest BCUT2D eigenvalue weighted by molar-refractivity contribution is 9.10. The van der Waals surface area contributed by atoms with Gasteiger partial charge in [0.15, 0.2) is 0 Å². The van der Waals surface area contributed by atoms with Crippen LogP contribution in [-0.4, -0.2) is 21.5 Å². The van der Waals surface area contributed by atoms with Crippen LogP contribution in [0.25, 0.3) is 0 Å². The van der Waals surface area contributed by atoms with Crippen LogP contribution in [0.3, 0.4) is 0 Å². The standard InChI is InChI=1S/C17H16BrNO4S/c1-23-17(20)14-10-12(7-8-15(14)18)24(21,22)19-16-9-6-11-4-2-3-5-13(11)16/h2-5,7-8,10,16,19H,6,9H2,1H3/t16-/m1/s1. The second-order valence-electron chi connectivity index (χ2n) is 5.54. The summed E-state index contributed by atoms with van der Waals surface area (Å²) in [7, 11) is -2.49. The number of carbonyl (C=O) groups is 1. The molecule has 0 spiro atoms. The molecule has 0 heterocycles. The summed E-state index contributed by atoms with van der Waals surface area (Å²) in [6.45, 7) is 0. The topological polar surface area (TPSA) is 72.5 Å². The van der Waals surface area contributed by atoms with Crippen molar-refractivity contribution < 1.29 is 17.9 Å². The van der Waals surface area contributed by atoms with Crippen molar-refractivity contribution in [2.75, 3.05) is 7.11 Å². The van der Waals surface area contributed by atoms with Crippen LogP contribution < -0.4 is 4.72 Å². The molecule has 0 saturated carbocycles. The second kappa shape index (κ2) is 6.66. The number of aryl methyl sites for hydroxylation is 1. The Kier molecular flexibility index (Phi) is 4.76. The first-order valence-corrected chi connectivity index (χ1v) is 9.68. The van der Waals surface area contributed by atoms with Crippen LogP contribution in [0.2, 0.25) is 0 Å². The van der Waals surface area contributed by atoms with E-state index in [0.29, 0.717) is 4.47 Å². The molecule has 0 saturated heterocycles. The summed E-state index contributed by atoms with van der Waals surface area (Å²) in [4.78, 5) is 11.8. The number of halogens is 1. The Hall–Kier alpha value is -1.70. The van der Waals surface area contributed by atoms with Crippen LogP contribution in [0.4, 0.5) is 0 Å². The maximum absolute atomic E-state index is 12.7. The van der Waals surface area contributed by atoms with Gasteiger partial charge < -0.3 is 4.74 Å². The summed E-state index contributed by atoms with van der Waals surface area (Å²) >= 11 is 3.23. The van der Waals surface area contributed by atoms with Gasteiger partial charge in [0, 0.05) is 10.5 Å². The van der Waals surface area contributed by atoms with Crippen LogP contribution >= 0.6 is 15.9 Å². The molecule has 24 heavy (non-hydrogen) atoms. The van der Waals surface area contributed by atoms with Crippen molar-refractivity contribution in [1.82, 2.24) is 4.72 Å². The number of ether oxygens (including phenoxy) is 1. The fourth-order valence-corrected chi connectivity index (χ4v) is 4.56. The molecule has 1 atom stereocenters. The lowest BCUT2D eigenvalue weighted by atomic mass is 10.1. The van der Waals surface area contributed by atoms with E-state index in [0.717, 1.165) is 24.0 Å². The molecule has 5 nitrogen and oxygen atoms in total. The van der Waals surface area contributed by atoms with Crippen molar-refractivity contribution in [1.29, 1.82) is 0 Å². The summed E-state index contributed by atoms with van der Waals surface area (Å²) in [6, 6.07) is 11.9. The Morgan fingerprint density at radius 2 is 2.00 bits per heavy atom. The number of nitrogens with one attached hydrogen (secondary N) is 1. The van der Waals surface area contributed by atoms with Crippen LogP contribution in [0.15, 0.2) is 51.8 Å². The zero-order valence-corrected chi connectivity index (χ0v) is 15.4. The van der Waals surface area contributed by atoms with Crippen molar-refractivity contribution in [2.45, 2.75) is 23.8 Å². The van der Waals surface area contributed by atoms with Crippen LogP contribution in [0, 0.1) is 0 Å². The zero-order chi connectivity index (χ0) is 17.3. The number of sulfonamides is 1. The normalized spacial score (nSPS) is 16.7. The quantitative estimate of drug-likeness (QED) is 0.786. The SMILES string of the molecule is COC(=O)c1cc(S(=O)(=O)N[C@@H]2CCc3ccccc32)ccc1Br. The first-order chi connectivity index (χ1) is 11.4. The summed E-state index contributed by atoms with van der Waals surface area (Å²) in [5, 5.41) is 0. The van der Waals surface area contributed by atoms with E-state index in [2.05, 4.69) is 25.4 Å². The van der Waals surface area contributed by atoms with Crippen molar-refractivity contribution in [2.24, 2.45) is 0 Å². The molecule has 0 fully saturated rings. The molecule has 2 aromatic carbocycles. The van der Waals surface area contributed by atoms with Gasteiger partial charge in [-0.05, 0) is 58.1 Å². The molecule has 1 aliphatic carbocycles. The number of carbonyl (C=O) groups excluding carboxylic acids is 1. The summed E-state index contributed by atoms with van der Waals surface area (Å²) < 4.78 is 33.3. The molecular weight excluding hydrogens is 394 g/mol. The van der Waals surface area contributed by atoms with E-state index >= 15 is 0 Å². The highest BCUT2D eigenvalue weighted by Crippen LogP contribution is 2.32. The lowest BCUT2D eigenvalue weighted by molar-refractivity contribution is 0.0599. The van der Waals surface area contributed by atoms with E-state index in [-0.39, 0.29) is 16.5 Å². The van der Waals surface area contributed by atoms with Gasteiger partial charge in [0.1, 0.15) is 0 Å². The van der Waals surface area contributed by atoms with Gasteiger partial charge in [-0.2, -0.15) is 0 Å². The van der Waals surface area contributed by atoms with E-state index in [1.165, 1.54) is 25.3 Å².